The van der Waals surface area contributed by atoms with Crippen molar-refractivity contribution in [3.05, 3.63) is 0 Å². The summed E-state index contributed by atoms with van der Waals surface area (Å²) in [6.07, 6.45) is -11.1. The number of nitrogens with zero attached hydrogens (tertiary/aromatic N) is 2. The lowest BCUT2D eigenvalue weighted by Crippen LogP contribution is -2.69. The molecule has 0 aromatic heterocycles. The van der Waals surface area contributed by atoms with Crippen LogP contribution in [0.5, 0.6) is 0 Å². The van der Waals surface area contributed by atoms with E-state index in [2.05, 4.69) is 0 Å². The highest BCUT2D eigenvalue weighted by Crippen LogP contribution is 2.58. The first-order valence-corrected chi connectivity index (χ1v) is 13.7. The highest BCUT2D eigenvalue weighted by Gasteiger charge is 2.90. The molecule has 0 saturated carbocycles. The van der Waals surface area contributed by atoms with Gasteiger partial charge in [0.15, 0.2) is 0 Å². The largest absolute Gasteiger partial charge is 0.748 e. The van der Waals surface area contributed by atoms with Crippen LogP contribution in [0.4, 0.5) is 48.3 Å². The summed E-state index contributed by atoms with van der Waals surface area (Å²) in [5, 5.41) is 20.6. The summed E-state index contributed by atoms with van der Waals surface area (Å²) in [6, 6.07) is -2.35. The number of halogens is 11. The maximum Gasteiger partial charge on any atom is 0.460 e. The Morgan fingerprint density at radius 3 is 1.68 bits per heavy atom. The molecule has 0 aliphatic rings. The van der Waals surface area contributed by atoms with Gasteiger partial charge in [-0.05, 0) is 6.42 Å². The van der Waals surface area contributed by atoms with Gasteiger partial charge in [-0.15, -0.1) is 0 Å². The molecule has 3 N–H and O–H groups in total. The third-order valence-corrected chi connectivity index (χ3v) is 8.31. The predicted octanol–water partition coefficient (Wildman–Crippen LogP) is 0.795. The molecule has 0 amide bonds. The molecule has 0 aromatic rings. The van der Waals surface area contributed by atoms with Gasteiger partial charge in [0.2, 0.25) is 0 Å². The fourth-order valence-electron chi connectivity index (χ4n) is 3.31. The summed E-state index contributed by atoms with van der Waals surface area (Å²) in [6.45, 7) is -4.90. The topological polar surface area (TPSA) is 155 Å². The Bertz CT molecular complexity index is 1050. The van der Waals surface area contributed by atoms with Gasteiger partial charge in [-0.1, -0.05) is 0 Å². The van der Waals surface area contributed by atoms with Crippen LogP contribution in [0.1, 0.15) is 12.8 Å². The zero-order valence-electron chi connectivity index (χ0n) is 20.6. The Labute approximate surface area is 221 Å². The summed E-state index contributed by atoms with van der Waals surface area (Å²) in [4.78, 5) is 0. The molecule has 10 nitrogen and oxygen atoms in total. The van der Waals surface area contributed by atoms with Gasteiger partial charge in [-0.3, -0.25) is 0 Å². The number of quaternary nitrogens is 1. The molecule has 242 valence electrons. The zero-order chi connectivity index (χ0) is 32.4. The highest BCUT2D eigenvalue weighted by molar-refractivity contribution is 7.90. The van der Waals surface area contributed by atoms with E-state index < -0.39 is 115 Å². The minimum atomic E-state index is -8.06. The molecular formula is C17H27F11N2O8S2. The second-order valence-corrected chi connectivity index (χ2v) is 12.7. The van der Waals surface area contributed by atoms with Crippen molar-refractivity contribution in [3.63, 3.8) is 0 Å². The lowest BCUT2D eigenvalue weighted by molar-refractivity contribution is -0.893. The Hall–Kier alpha value is -1.11. The lowest BCUT2D eigenvalue weighted by atomic mass is 10.0. The first-order chi connectivity index (χ1) is 17.5. The Morgan fingerprint density at radius 2 is 1.30 bits per heavy atom. The highest BCUT2D eigenvalue weighted by atomic mass is 32.2. The standard InChI is InChI=1S/C17H27F11N2O8S2/c1-30(2,8-12(33)10-32)6-4-11(9-31)29(5-3-7-39(34,35)36)40(37,38)17(27,28)15(22,23)13(18,19)14(20,21)16(24,25)26/h11-12,31-33H,3-10H2,1-2H3. The van der Waals surface area contributed by atoms with Gasteiger partial charge in [0.1, 0.15) is 12.6 Å². The van der Waals surface area contributed by atoms with Gasteiger partial charge in [0, 0.05) is 18.7 Å². The Kier molecular flexibility index (Phi) is 12.3. The second-order valence-electron chi connectivity index (χ2n) is 9.27. The predicted molar refractivity (Wildman–Crippen MR) is 111 cm³/mol. The minimum absolute atomic E-state index is 0.331. The maximum atomic E-state index is 14.6. The smallest absolute Gasteiger partial charge is 0.460 e. The number of alkyl halides is 11. The van der Waals surface area contributed by atoms with Gasteiger partial charge in [-0.25, -0.2) is 16.8 Å². The van der Waals surface area contributed by atoms with Crippen molar-refractivity contribution in [2.45, 2.75) is 54.2 Å². The van der Waals surface area contributed by atoms with Gasteiger partial charge in [0.25, 0.3) is 10.0 Å². The fraction of sp³-hybridized carbons (Fsp3) is 1.00. The van der Waals surface area contributed by atoms with E-state index in [0.717, 1.165) is 0 Å². The van der Waals surface area contributed by atoms with E-state index in [1.807, 2.05) is 0 Å². The first kappa shape index (κ1) is 38.9. The minimum Gasteiger partial charge on any atom is -0.748 e. The van der Waals surface area contributed by atoms with E-state index in [4.69, 9.17) is 5.11 Å². The van der Waals surface area contributed by atoms with Crippen LogP contribution in [0.3, 0.4) is 0 Å². The molecular weight excluding hydrogens is 633 g/mol. The third-order valence-electron chi connectivity index (χ3n) is 5.52. The molecule has 0 fully saturated rings. The average molecular weight is 661 g/mol. The first-order valence-electron chi connectivity index (χ1n) is 10.7. The summed E-state index contributed by atoms with van der Waals surface area (Å²) in [5.41, 5.74) is 0. The molecule has 0 saturated heterocycles. The van der Waals surface area contributed by atoms with Gasteiger partial charge in [0.05, 0.1) is 50.0 Å². The van der Waals surface area contributed by atoms with E-state index >= 15 is 0 Å². The monoisotopic (exact) mass is 660 g/mol. The van der Waals surface area contributed by atoms with Crippen molar-refractivity contribution < 1.29 is 89.5 Å². The van der Waals surface area contributed by atoms with Crippen molar-refractivity contribution in [1.82, 2.24) is 4.31 Å². The lowest BCUT2D eigenvalue weighted by Gasteiger charge is -2.40. The number of aliphatic hydroxyl groups excluding tert-OH is 3. The van der Waals surface area contributed by atoms with Crippen LogP contribution >= 0.6 is 0 Å². The quantitative estimate of drug-likeness (QED) is 0.118. The van der Waals surface area contributed by atoms with Crippen molar-refractivity contribution in [1.29, 1.82) is 0 Å². The summed E-state index contributed by atoms with van der Waals surface area (Å²) < 4.78 is 205. The molecule has 2 atom stereocenters. The molecule has 40 heavy (non-hydrogen) atoms. The van der Waals surface area contributed by atoms with Gasteiger partial charge >= 0.3 is 29.2 Å². The summed E-state index contributed by atoms with van der Waals surface area (Å²) in [7, 11) is -10.1. The number of rotatable bonds is 17. The van der Waals surface area contributed by atoms with E-state index in [1.54, 1.807) is 0 Å². The number of hydrogen-bond acceptors (Lipinski definition) is 8. The van der Waals surface area contributed by atoms with Crippen molar-refractivity contribution in [2.24, 2.45) is 0 Å². The number of hydrogen-bond donors (Lipinski definition) is 3. The third kappa shape index (κ3) is 8.25. The van der Waals surface area contributed by atoms with Crippen LogP contribution in [0, 0.1) is 0 Å². The number of likely N-dealkylation sites (N-methyl/N-ethyl adjacent to an activating group) is 1. The van der Waals surface area contributed by atoms with Crippen molar-refractivity contribution >= 4 is 20.1 Å². The molecule has 0 heterocycles. The molecule has 23 heteroatoms. The molecule has 0 rings (SSSR count). The molecule has 0 aliphatic carbocycles. The van der Waals surface area contributed by atoms with Crippen molar-refractivity contribution in [3.8, 4) is 0 Å². The van der Waals surface area contributed by atoms with Gasteiger partial charge < -0.3 is 24.4 Å². The Morgan fingerprint density at radius 1 is 0.825 bits per heavy atom. The van der Waals surface area contributed by atoms with Crippen LogP contribution in [-0.4, -0.2) is 140 Å². The maximum absolute atomic E-state index is 14.6. The van der Waals surface area contributed by atoms with E-state index in [-0.39, 0.29) is 6.54 Å². The van der Waals surface area contributed by atoms with Crippen LogP contribution < -0.4 is 0 Å². The molecule has 0 radical (unpaired) electrons. The molecule has 2 unspecified atom stereocenters. The number of aliphatic hydroxyl groups is 3. The van der Waals surface area contributed by atoms with E-state index in [0.29, 0.717) is 0 Å². The SMILES string of the molecule is C[N+](C)(CCC(CO)N(CCCS(=O)(=O)[O-])S(=O)(=O)C(F)(F)C(F)(F)C(F)(F)C(F)(F)C(F)(F)F)CC(O)CO. The Balaban J connectivity index is 6.76. The summed E-state index contributed by atoms with van der Waals surface area (Å²) in [5.74, 6) is -25.5. The molecule has 0 aliphatic heterocycles. The molecule has 0 spiro atoms. The second kappa shape index (κ2) is 12.6. The van der Waals surface area contributed by atoms with Crippen LogP contribution in [-0.2, 0) is 20.1 Å². The van der Waals surface area contributed by atoms with E-state index in [9.17, 15) is 79.9 Å². The van der Waals surface area contributed by atoms with E-state index in [1.165, 1.54) is 14.1 Å². The van der Waals surface area contributed by atoms with Crippen LogP contribution in [0.25, 0.3) is 0 Å². The normalized spacial score (nSPS) is 16.9. The van der Waals surface area contributed by atoms with Crippen molar-refractivity contribution in [2.75, 3.05) is 52.7 Å². The van der Waals surface area contributed by atoms with Crippen LogP contribution in [0.2, 0.25) is 0 Å². The fourth-order valence-corrected chi connectivity index (χ4v) is 5.47. The molecule has 0 bridgehead atoms. The van der Waals surface area contributed by atoms with Gasteiger partial charge in [-0.2, -0.15) is 52.6 Å². The van der Waals surface area contributed by atoms with Crippen LogP contribution in [0.15, 0.2) is 0 Å². The summed E-state index contributed by atoms with van der Waals surface area (Å²) >= 11 is 0. The molecule has 0 aromatic carbocycles. The average Bonchev–Trinajstić information content (AvgIpc) is 2.75. The number of sulfonamides is 1. The zero-order valence-corrected chi connectivity index (χ0v) is 22.2.